The summed E-state index contributed by atoms with van der Waals surface area (Å²) >= 11 is 0. The molecule has 110 valence electrons. The molecule has 20 heavy (non-hydrogen) atoms. The summed E-state index contributed by atoms with van der Waals surface area (Å²) in [6.07, 6.45) is 1.02. The van der Waals surface area contributed by atoms with Crippen LogP contribution in [0.25, 0.3) is 0 Å². The Hall–Kier alpha value is -1.43. The molecule has 1 fully saturated rings. The molecule has 0 aliphatic carbocycles. The van der Waals surface area contributed by atoms with Gasteiger partial charge in [0.25, 0.3) is 0 Å². The van der Waals surface area contributed by atoms with Gasteiger partial charge in [0.15, 0.2) is 0 Å². The molecule has 1 aliphatic rings. The van der Waals surface area contributed by atoms with E-state index in [1.165, 1.54) is 0 Å². The van der Waals surface area contributed by atoms with Gasteiger partial charge in [0.1, 0.15) is 0 Å². The molecule has 1 aromatic rings. The first-order valence-electron chi connectivity index (χ1n) is 7.13. The van der Waals surface area contributed by atoms with E-state index >= 15 is 0 Å². The lowest BCUT2D eigenvalue weighted by molar-refractivity contribution is -0.123. The highest BCUT2D eigenvalue weighted by Crippen LogP contribution is 2.20. The first-order chi connectivity index (χ1) is 9.76. The van der Waals surface area contributed by atoms with Gasteiger partial charge >= 0.3 is 0 Å². The molecule has 1 saturated heterocycles. The average molecular weight is 277 g/mol. The fourth-order valence-corrected chi connectivity index (χ4v) is 2.67. The van der Waals surface area contributed by atoms with E-state index in [-0.39, 0.29) is 11.8 Å². The number of benzene rings is 1. The molecule has 2 unspecified atom stereocenters. The summed E-state index contributed by atoms with van der Waals surface area (Å²) < 4.78 is 5.51. The van der Waals surface area contributed by atoms with Gasteiger partial charge in [-0.15, -0.1) is 0 Å². The van der Waals surface area contributed by atoms with Gasteiger partial charge < -0.3 is 4.74 Å². The normalized spacial score (nSPS) is 21.4. The maximum atomic E-state index is 12.1. The summed E-state index contributed by atoms with van der Waals surface area (Å²) in [7, 11) is 0. The number of rotatable bonds is 5. The second-order valence-corrected chi connectivity index (χ2v) is 5.10. The van der Waals surface area contributed by atoms with Gasteiger partial charge in [-0.05, 0) is 12.0 Å². The van der Waals surface area contributed by atoms with Crippen molar-refractivity contribution in [2.24, 2.45) is 5.84 Å². The fourth-order valence-electron chi connectivity index (χ4n) is 2.67. The van der Waals surface area contributed by atoms with E-state index in [2.05, 4.69) is 17.2 Å². The van der Waals surface area contributed by atoms with Crippen LogP contribution in [0.2, 0.25) is 0 Å². The molecule has 3 N–H and O–H groups in total. The number of ether oxygens (including phenoxy) is 1. The van der Waals surface area contributed by atoms with E-state index in [0.717, 1.165) is 31.7 Å². The van der Waals surface area contributed by atoms with Crippen LogP contribution in [0.1, 0.15) is 24.8 Å². The molecule has 1 aromatic carbocycles. The summed E-state index contributed by atoms with van der Waals surface area (Å²) in [4.78, 5) is 14.4. The highest BCUT2D eigenvalue weighted by Gasteiger charge is 2.28. The van der Waals surface area contributed by atoms with Crippen LogP contribution < -0.4 is 11.3 Å². The van der Waals surface area contributed by atoms with Crippen molar-refractivity contribution in [3.05, 3.63) is 35.9 Å². The molecule has 1 heterocycles. The molecular weight excluding hydrogens is 254 g/mol. The Kier molecular flexibility index (Phi) is 5.52. The van der Waals surface area contributed by atoms with Crippen molar-refractivity contribution < 1.29 is 9.53 Å². The number of hydrazine groups is 1. The Morgan fingerprint density at radius 3 is 2.90 bits per heavy atom. The number of hydrogen-bond donors (Lipinski definition) is 2. The Morgan fingerprint density at radius 2 is 2.25 bits per heavy atom. The molecule has 0 saturated carbocycles. The van der Waals surface area contributed by atoms with Crippen LogP contribution >= 0.6 is 0 Å². The van der Waals surface area contributed by atoms with Crippen molar-refractivity contribution in [3.63, 3.8) is 0 Å². The average Bonchev–Trinajstić information content (AvgIpc) is 2.53. The Bertz CT molecular complexity index is 424. The maximum Gasteiger partial charge on any atom is 0.242 e. The standard InChI is InChI=1S/C15H23N3O2/c1-2-13-11-20-9-8-18(13)10-14(15(19)17-16)12-6-4-3-5-7-12/h3-7,13-14H,2,8-11,16H2,1H3,(H,17,19). The summed E-state index contributed by atoms with van der Waals surface area (Å²) in [5.41, 5.74) is 3.29. The van der Waals surface area contributed by atoms with Crippen LogP contribution in [0.3, 0.4) is 0 Å². The molecule has 5 heteroatoms. The Morgan fingerprint density at radius 1 is 1.50 bits per heavy atom. The molecule has 0 spiro atoms. The minimum atomic E-state index is -0.242. The third kappa shape index (κ3) is 3.56. The number of carbonyl (C=O) groups excluding carboxylic acids is 1. The van der Waals surface area contributed by atoms with Gasteiger partial charge in [-0.2, -0.15) is 0 Å². The smallest absolute Gasteiger partial charge is 0.242 e. The van der Waals surface area contributed by atoms with E-state index in [9.17, 15) is 4.79 Å². The summed E-state index contributed by atoms with van der Waals surface area (Å²) in [6.45, 7) is 5.14. The predicted octanol–water partition coefficient (Wildman–Crippen LogP) is 0.871. The van der Waals surface area contributed by atoms with Gasteiger partial charge in [0.2, 0.25) is 5.91 Å². The molecule has 1 aliphatic heterocycles. The monoisotopic (exact) mass is 277 g/mol. The van der Waals surface area contributed by atoms with Gasteiger partial charge in [0, 0.05) is 19.1 Å². The second-order valence-electron chi connectivity index (χ2n) is 5.10. The molecule has 2 atom stereocenters. The van der Waals surface area contributed by atoms with Gasteiger partial charge in [-0.3, -0.25) is 15.1 Å². The molecule has 5 nitrogen and oxygen atoms in total. The van der Waals surface area contributed by atoms with Crippen LogP contribution in [0.15, 0.2) is 30.3 Å². The van der Waals surface area contributed by atoms with E-state index in [0.29, 0.717) is 12.6 Å². The lowest BCUT2D eigenvalue weighted by Crippen LogP contribution is -2.49. The largest absolute Gasteiger partial charge is 0.378 e. The highest BCUT2D eigenvalue weighted by molar-refractivity contribution is 5.83. The van der Waals surface area contributed by atoms with Crippen LogP contribution in [0, 0.1) is 0 Å². The number of carbonyl (C=O) groups is 1. The molecule has 2 rings (SSSR count). The molecule has 0 radical (unpaired) electrons. The zero-order valence-electron chi connectivity index (χ0n) is 11.9. The topological polar surface area (TPSA) is 67.6 Å². The third-order valence-corrected chi connectivity index (χ3v) is 3.90. The molecular formula is C15H23N3O2. The number of amides is 1. The predicted molar refractivity (Wildman–Crippen MR) is 78.0 cm³/mol. The number of hydrogen-bond acceptors (Lipinski definition) is 4. The minimum absolute atomic E-state index is 0.141. The Labute approximate surface area is 120 Å². The summed E-state index contributed by atoms with van der Waals surface area (Å²) in [6, 6.07) is 10.2. The van der Waals surface area contributed by atoms with E-state index in [1.54, 1.807) is 0 Å². The van der Waals surface area contributed by atoms with Crippen molar-refractivity contribution >= 4 is 5.91 Å². The SMILES string of the molecule is CCC1COCCN1CC(C(=O)NN)c1ccccc1. The first kappa shape index (κ1) is 15.0. The number of morpholine rings is 1. The number of nitrogens with zero attached hydrogens (tertiary/aromatic N) is 1. The second kappa shape index (κ2) is 7.38. The van der Waals surface area contributed by atoms with Crippen LogP contribution in [0.5, 0.6) is 0 Å². The van der Waals surface area contributed by atoms with Crippen LogP contribution in [0.4, 0.5) is 0 Å². The number of nitrogens with one attached hydrogen (secondary N) is 1. The number of nitrogens with two attached hydrogens (primary N) is 1. The molecule has 1 amide bonds. The summed E-state index contributed by atoms with van der Waals surface area (Å²) in [5, 5.41) is 0. The van der Waals surface area contributed by atoms with Crippen molar-refractivity contribution in [1.82, 2.24) is 10.3 Å². The van der Waals surface area contributed by atoms with E-state index in [1.807, 2.05) is 30.3 Å². The molecule has 0 aromatic heterocycles. The van der Waals surface area contributed by atoms with Gasteiger partial charge in [-0.1, -0.05) is 37.3 Å². The lowest BCUT2D eigenvalue weighted by Gasteiger charge is -2.37. The first-order valence-corrected chi connectivity index (χ1v) is 7.13. The van der Waals surface area contributed by atoms with E-state index < -0.39 is 0 Å². The van der Waals surface area contributed by atoms with Crippen molar-refractivity contribution in [1.29, 1.82) is 0 Å². The van der Waals surface area contributed by atoms with Crippen molar-refractivity contribution in [3.8, 4) is 0 Å². The summed E-state index contributed by atoms with van der Waals surface area (Å²) in [5.74, 6) is 4.96. The maximum absolute atomic E-state index is 12.1. The minimum Gasteiger partial charge on any atom is -0.378 e. The van der Waals surface area contributed by atoms with Crippen molar-refractivity contribution in [2.45, 2.75) is 25.3 Å². The lowest BCUT2D eigenvalue weighted by atomic mass is 9.96. The van der Waals surface area contributed by atoms with Crippen LogP contribution in [-0.4, -0.2) is 43.2 Å². The highest BCUT2D eigenvalue weighted by atomic mass is 16.5. The molecule has 0 bridgehead atoms. The quantitative estimate of drug-likeness (QED) is 0.476. The zero-order chi connectivity index (χ0) is 14.4. The van der Waals surface area contributed by atoms with Gasteiger partial charge in [-0.25, -0.2) is 5.84 Å². The van der Waals surface area contributed by atoms with Crippen LogP contribution in [-0.2, 0) is 9.53 Å². The third-order valence-electron chi connectivity index (χ3n) is 3.90. The van der Waals surface area contributed by atoms with Gasteiger partial charge in [0.05, 0.1) is 19.1 Å². The van der Waals surface area contributed by atoms with Crippen molar-refractivity contribution in [2.75, 3.05) is 26.3 Å². The zero-order valence-corrected chi connectivity index (χ0v) is 11.9. The Balaban J connectivity index is 2.13. The van der Waals surface area contributed by atoms with E-state index in [4.69, 9.17) is 10.6 Å². The fraction of sp³-hybridized carbons (Fsp3) is 0.533.